The molecule has 1 atom stereocenters. The monoisotopic (exact) mass is 328 g/mol. The fraction of sp³-hybridized carbons (Fsp3) is 0.643. The summed E-state index contributed by atoms with van der Waals surface area (Å²) in [5.74, 6) is 0.644. The van der Waals surface area contributed by atoms with Crippen molar-refractivity contribution in [2.24, 2.45) is 5.92 Å². The van der Waals surface area contributed by atoms with Gasteiger partial charge in [-0.3, -0.25) is 15.1 Å². The van der Waals surface area contributed by atoms with E-state index in [1.54, 1.807) is 20.0 Å². The van der Waals surface area contributed by atoms with Gasteiger partial charge in [0, 0.05) is 22.2 Å². The molecule has 0 saturated carbocycles. The van der Waals surface area contributed by atoms with Gasteiger partial charge in [0.05, 0.1) is 10.6 Å². The first-order valence-corrected chi connectivity index (χ1v) is 7.48. The molecule has 106 valence electrons. The highest BCUT2D eigenvalue weighted by atomic mass is 79.9. The van der Waals surface area contributed by atoms with Crippen LogP contribution in [0.1, 0.15) is 43.5 Å². The summed E-state index contributed by atoms with van der Waals surface area (Å²) >= 11 is 3.66. The van der Waals surface area contributed by atoms with Gasteiger partial charge < -0.3 is 0 Å². The van der Waals surface area contributed by atoms with Gasteiger partial charge in [0.2, 0.25) is 0 Å². The third-order valence-corrected chi connectivity index (χ3v) is 4.01. The minimum atomic E-state index is -0.310. The summed E-state index contributed by atoms with van der Waals surface area (Å²) in [4.78, 5) is 15.5. The standard InChI is InChI=1S/C14H21BrN2O2/c1-9(2)7-12(15)5-6-13-11(4)14(17(18)19)10(3)8-16-13/h8-9,12H,5-7H2,1-4H3. The molecular formula is C14H21BrN2O2. The molecule has 5 heteroatoms. The molecule has 0 N–H and O–H groups in total. The predicted molar refractivity (Wildman–Crippen MR) is 80.9 cm³/mol. The van der Waals surface area contributed by atoms with Crippen LogP contribution in [0.15, 0.2) is 6.20 Å². The van der Waals surface area contributed by atoms with Crippen molar-refractivity contribution in [2.45, 2.75) is 51.8 Å². The third-order valence-electron chi connectivity index (χ3n) is 3.18. The second-order valence-corrected chi connectivity index (χ2v) is 6.68. The first kappa shape index (κ1) is 16.1. The Kier molecular flexibility index (Phi) is 5.91. The molecule has 1 aromatic heterocycles. The quantitative estimate of drug-likeness (QED) is 0.443. The minimum absolute atomic E-state index is 0.208. The van der Waals surface area contributed by atoms with Crippen LogP contribution in [0.5, 0.6) is 0 Å². The Morgan fingerprint density at radius 2 is 2.05 bits per heavy atom. The van der Waals surface area contributed by atoms with Crippen molar-refractivity contribution in [3.05, 3.63) is 33.1 Å². The van der Waals surface area contributed by atoms with Crippen LogP contribution in [0.25, 0.3) is 0 Å². The van der Waals surface area contributed by atoms with Crippen LogP contribution in [-0.4, -0.2) is 14.7 Å². The molecule has 0 radical (unpaired) electrons. The van der Waals surface area contributed by atoms with Gasteiger partial charge in [0.1, 0.15) is 0 Å². The Morgan fingerprint density at radius 1 is 1.42 bits per heavy atom. The van der Waals surface area contributed by atoms with Crippen LogP contribution < -0.4 is 0 Å². The van der Waals surface area contributed by atoms with Crippen molar-refractivity contribution in [3.8, 4) is 0 Å². The molecule has 1 heterocycles. The smallest absolute Gasteiger partial charge is 0.260 e. The van der Waals surface area contributed by atoms with E-state index in [4.69, 9.17) is 0 Å². The summed E-state index contributed by atoms with van der Waals surface area (Å²) in [5.41, 5.74) is 2.38. The van der Waals surface area contributed by atoms with Gasteiger partial charge in [-0.1, -0.05) is 29.8 Å². The molecule has 19 heavy (non-hydrogen) atoms. The second kappa shape index (κ2) is 6.98. The summed E-state index contributed by atoms with van der Waals surface area (Å²) in [6.07, 6.45) is 4.43. The second-order valence-electron chi connectivity index (χ2n) is 5.38. The van der Waals surface area contributed by atoms with Crippen molar-refractivity contribution in [3.63, 3.8) is 0 Å². The summed E-state index contributed by atoms with van der Waals surface area (Å²) in [6, 6.07) is 0. The highest BCUT2D eigenvalue weighted by Crippen LogP contribution is 2.26. The molecule has 0 fully saturated rings. The fourth-order valence-electron chi connectivity index (χ4n) is 2.22. The maximum absolute atomic E-state index is 11.0. The van der Waals surface area contributed by atoms with Gasteiger partial charge in [-0.2, -0.15) is 0 Å². The Morgan fingerprint density at radius 3 is 2.58 bits per heavy atom. The van der Waals surface area contributed by atoms with Crippen LogP contribution >= 0.6 is 15.9 Å². The van der Waals surface area contributed by atoms with E-state index in [0.29, 0.717) is 21.9 Å². The largest absolute Gasteiger partial charge is 0.278 e. The first-order chi connectivity index (χ1) is 8.82. The zero-order valence-corrected chi connectivity index (χ0v) is 13.5. The molecular weight excluding hydrogens is 308 g/mol. The third kappa shape index (κ3) is 4.56. The van der Waals surface area contributed by atoms with Crippen LogP contribution in [0, 0.1) is 29.9 Å². The molecule has 0 bridgehead atoms. The van der Waals surface area contributed by atoms with Gasteiger partial charge in [-0.25, -0.2) is 0 Å². The molecule has 0 aliphatic heterocycles. The van der Waals surface area contributed by atoms with Gasteiger partial charge in [0.25, 0.3) is 5.69 Å². The van der Waals surface area contributed by atoms with Gasteiger partial charge in [0.15, 0.2) is 0 Å². The Bertz CT molecular complexity index is 461. The SMILES string of the molecule is Cc1cnc(CCC(Br)CC(C)C)c(C)c1[N+](=O)[O-]. The number of pyridine rings is 1. The zero-order chi connectivity index (χ0) is 14.6. The highest BCUT2D eigenvalue weighted by molar-refractivity contribution is 9.09. The van der Waals surface area contributed by atoms with E-state index in [1.807, 2.05) is 0 Å². The Balaban J connectivity index is 2.80. The van der Waals surface area contributed by atoms with Crippen LogP contribution in [0.3, 0.4) is 0 Å². The van der Waals surface area contributed by atoms with E-state index in [0.717, 1.165) is 25.0 Å². The summed E-state index contributed by atoms with van der Waals surface area (Å²) in [7, 11) is 0. The number of alkyl halides is 1. The minimum Gasteiger partial charge on any atom is -0.260 e. The number of aryl methyl sites for hydroxylation is 2. The van der Waals surface area contributed by atoms with E-state index in [2.05, 4.69) is 34.8 Å². The van der Waals surface area contributed by atoms with Crippen LogP contribution in [0.2, 0.25) is 0 Å². The first-order valence-electron chi connectivity index (χ1n) is 6.56. The molecule has 1 rings (SSSR count). The van der Waals surface area contributed by atoms with Crippen molar-refractivity contribution < 1.29 is 4.92 Å². The predicted octanol–water partition coefficient (Wildman–Crippen LogP) is 4.35. The molecule has 0 saturated heterocycles. The average molecular weight is 329 g/mol. The molecule has 4 nitrogen and oxygen atoms in total. The van der Waals surface area contributed by atoms with Crippen molar-refractivity contribution in [1.29, 1.82) is 0 Å². The lowest BCUT2D eigenvalue weighted by molar-refractivity contribution is -0.386. The number of hydrogen-bond donors (Lipinski definition) is 0. The van der Waals surface area contributed by atoms with E-state index in [1.165, 1.54) is 0 Å². The number of halogens is 1. The molecule has 0 aliphatic rings. The number of rotatable bonds is 6. The number of nitrogens with zero attached hydrogens (tertiary/aromatic N) is 2. The fourth-order valence-corrected chi connectivity index (χ4v) is 3.20. The van der Waals surface area contributed by atoms with Crippen LogP contribution in [0.4, 0.5) is 5.69 Å². The lowest BCUT2D eigenvalue weighted by Crippen LogP contribution is -2.07. The average Bonchev–Trinajstić information content (AvgIpc) is 2.26. The summed E-state index contributed by atoms with van der Waals surface area (Å²) in [5, 5.41) is 11.0. The zero-order valence-electron chi connectivity index (χ0n) is 11.9. The molecule has 1 aromatic rings. The molecule has 0 spiro atoms. The van der Waals surface area contributed by atoms with Crippen LogP contribution in [-0.2, 0) is 6.42 Å². The van der Waals surface area contributed by atoms with E-state index in [-0.39, 0.29) is 10.6 Å². The van der Waals surface area contributed by atoms with E-state index >= 15 is 0 Å². The normalized spacial score (nSPS) is 12.7. The number of nitro groups is 1. The summed E-state index contributed by atoms with van der Waals surface area (Å²) in [6.45, 7) is 7.90. The Labute approximate surface area is 122 Å². The Hall–Kier alpha value is -0.970. The maximum Gasteiger partial charge on any atom is 0.278 e. The number of hydrogen-bond acceptors (Lipinski definition) is 3. The topological polar surface area (TPSA) is 56.0 Å². The molecule has 1 unspecified atom stereocenters. The van der Waals surface area contributed by atoms with Gasteiger partial charge in [-0.05, 0) is 39.0 Å². The maximum atomic E-state index is 11.0. The van der Waals surface area contributed by atoms with E-state index < -0.39 is 0 Å². The van der Waals surface area contributed by atoms with Crippen molar-refractivity contribution in [2.75, 3.05) is 0 Å². The van der Waals surface area contributed by atoms with Crippen molar-refractivity contribution in [1.82, 2.24) is 4.98 Å². The lowest BCUT2D eigenvalue weighted by atomic mass is 10.0. The van der Waals surface area contributed by atoms with E-state index in [9.17, 15) is 10.1 Å². The highest BCUT2D eigenvalue weighted by Gasteiger charge is 2.19. The lowest BCUT2D eigenvalue weighted by Gasteiger charge is -2.13. The molecule has 0 aliphatic carbocycles. The van der Waals surface area contributed by atoms with Gasteiger partial charge in [-0.15, -0.1) is 0 Å². The number of aromatic nitrogens is 1. The van der Waals surface area contributed by atoms with Crippen molar-refractivity contribution >= 4 is 21.6 Å². The molecule has 0 aromatic carbocycles. The molecule has 0 amide bonds. The summed E-state index contributed by atoms with van der Waals surface area (Å²) < 4.78 is 0. The van der Waals surface area contributed by atoms with Gasteiger partial charge >= 0.3 is 0 Å².